The van der Waals surface area contributed by atoms with Gasteiger partial charge in [-0.1, -0.05) is 0 Å². The van der Waals surface area contributed by atoms with E-state index in [2.05, 4.69) is 10.2 Å². The molecule has 2 aliphatic rings. The van der Waals surface area contributed by atoms with Gasteiger partial charge in [0.1, 0.15) is 11.5 Å². The molecule has 3 rings (SSSR count). The van der Waals surface area contributed by atoms with Gasteiger partial charge in [0.15, 0.2) is 0 Å². The Morgan fingerprint density at radius 3 is 2.69 bits per heavy atom. The molecule has 1 aromatic rings. The normalized spacial score (nSPS) is 21.6. The SMILES string of the molecule is Cc1cc(C(=O)N2CCC[C@H](C(=O)NCCN3CCOCC3)C2)c(C)o1. The third-order valence-corrected chi connectivity index (χ3v) is 5.18. The van der Waals surface area contributed by atoms with Gasteiger partial charge in [-0.05, 0) is 32.8 Å². The van der Waals surface area contributed by atoms with Crippen molar-refractivity contribution in [3.8, 4) is 0 Å². The monoisotopic (exact) mass is 363 g/mol. The number of hydrogen-bond donors (Lipinski definition) is 1. The molecule has 7 heteroatoms. The number of nitrogens with zero attached hydrogens (tertiary/aromatic N) is 2. The Balaban J connectivity index is 1.48. The first kappa shape index (κ1) is 18.9. The van der Waals surface area contributed by atoms with Crippen molar-refractivity contribution in [2.45, 2.75) is 26.7 Å². The molecule has 1 aromatic heterocycles. The van der Waals surface area contributed by atoms with Crippen LogP contribution >= 0.6 is 0 Å². The van der Waals surface area contributed by atoms with E-state index in [1.54, 1.807) is 17.9 Å². The average molecular weight is 363 g/mol. The largest absolute Gasteiger partial charge is 0.466 e. The highest BCUT2D eigenvalue weighted by Crippen LogP contribution is 2.21. The van der Waals surface area contributed by atoms with Crippen LogP contribution in [0.25, 0.3) is 0 Å². The van der Waals surface area contributed by atoms with Crippen LogP contribution in [0.15, 0.2) is 10.5 Å². The van der Waals surface area contributed by atoms with Crippen molar-refractivity contribution in [2.75, 3.05) is 52.5 Å². The lowest BCUT2D eigenvalue weighted by Crippen LogP contribution is -2.47. The third-order valence-electron chi connectivity index (χ3n) is 5.18. The standard InChI is InChI=1S/C19H29N3O4/c1-14-12-17(15(2)26-14)19(24)22-6-3-4-16(13-22)18(23)20-5-7-21-8-10-25-11-9-21/h12,16H,3-11,13H2,1-2H3,(H,20,23)/t16-/m0/s1. The summed E-state index contributed by atoms with van der Waals surface area (Å²) in [6, 6.07) is 1.78. The predicted molar refractivity (Wildman–Crippen MR) is 97.1 cm³/mol. The van der Waals surface area contributed by atoms with E-state index < -0.39 is 0 Å². The molecular weight excluding hydrogens is 334 g/mol. The van der Waals surface area contributed by atoms with Crippen LogP contribution in [-0.4, -0.2) is 74.1 Å². The minimum Gasteiger partial charge on any atom is -0.466 e. The molecule has 0 spiro atoms. The Morgan fingerprint density at radius 1 is 1.23 bits per heavy atom. The number of furan rings is 1. The number of likely N-dealkylation sites (tertiary alicyclic amines) is 1. The van der Waals surface area contributed by atoms with Crippen LogP contribution in [0.2, 0.25) is 0 Å². The summed E-state index contributed by atoms with van der Waals surface area (Å²) in [7, 11) is 0. The number of ether oxygens (including phenoxy) is 1. The Hall–Kier alpha value is -1.86. The first-order chi connectivity index (χ1) is 12.5. The molecule has 2 saturated heterocycles. The van der Waals surface area contributed by atoms with Crippen molar-refractivity contribution in [2.24, 2.45) is 5.92 Å². The summed E-state index contributed by atoms with van der Waals surface area (Å²) < 4.78 is 10.8. The number of aryl methyl sites for hydroxylation is 2. The molecule has 2 fully saturated rings. The van der Waals surface area contributed by atoms with Gasteiger partial charge in [-0.3, -0.25) is 14.5 Å². The second-order valence-electron chi connectivity index (χ2n) is 7.16. The zero-order valence-corrected chi connectivity index (χ0v) is 15.8. The molecule has 7 nitrogen and oxygen atoms in total. The van der Waals surface area contributed by atoms with Crippen molar-refractivity contribution in [3.05, 3.63) is 23.2 Å². The molecule has 0 radical (unpaired) electrons. The average Bonchev–Trinajstić information content (AvgIpc) is 3.00. The van der Waals surface area contributed by atoms with Crippen molar-refractivity contribution in [3.63, 3.8) is 0 Å². The molecule has 1 N–H and O–H groups in total. The Labute approximate surface area is 154 Å². The molecule has 0 saturated carbocycles. The number of nitrogens with one attached hydrogen (secondary N) is 1. The van der Waals surface area contributed by atoms with Gasteiger partial charge >= 0.3 is 0 Å². The molecule has 0 unspecified atom stereocenters. The van der Waals surface area contributed by atoms with E-state index in [1.165, 1.54) is 0 Å². The summed E-state index contributed by atoms with van der Waals surface area (Å²) in [6.45, 7) is 9.68. The number of amides is 2. The molecule has 0 aliphatic carbocycles. The lowest BCUT2D eigenvalue weighted by Gasteiger charge is -2.32. The smallest absolute Gasteiger partial charge is 0.257 e. The second kappa shape index (κ2) is 8.68. The Morgan fingerprint density at radius 2 is 2.00 bits per heavy atom. The van der Waals surface area contributed by atoms with Gasteiger partial charge < -0.3 is 19.4 Å². The molecule has 2 amide bonds. The third kappa shape index (κ3) is 4.65. The van der Waals surface area contributed by atoms with Gasteiger partial charge in [0, 0.05) is 39.3 Å². The van der Waals surface area contributed by atoms with E-state index in [4.69, 9.17) is 9.15 Å². The van der Waals surface area contributed by atoms with E-state index in [0.717, 1.165) is 51.4 Å². The lowest BCUT2D eigenvalue weighted by atomic mass is 9.96. The molecule has 0 bridgehead atoms. The molecule has 2 aliphatic heterocycles. The summed E-state index contributed by atoms with van der Waals surface area (Å²) in [5, 5.41) is 3.04. The van der Waals surface area contributed by atoms with Crippen LogP contribution in [0.4, 0.5) is 0 Å². The minimum atomic E-state index is -0.134. The van der Waals surface area contributed by atoms with Gasteiger partial charge in [-0.25, -0.2) is 0 Å². The van der Waals surface area contributed by atoms with Crippen LogP contribution < -0.4 is 5.32 Å². The summed E-state index contributed by atoms with van der Waals surface area (Å²) in [4.78, 5) is 29.3. The van der Waals surface area contributed by atoms with Gasteiger partial charge in [0.25, 0.3) is 5.91 Å². The second-order valence-corrected chi connectivity index (χ2v) is 7.16. The fourth-order valence-electron chi connectivity index (χ4n) is 3.70. The maximum atomic E-state index is 12.7. The zero-order chi connectivity index (χ0) is 18.5. The van der Waals surface area contributed by atoms with E-state index in [0.29, 0.717) is 31.0 Å². The summed E-state index contributed by atoms with van der Waals surface area (Å²) in [6.07, 6.45) is 1.68. The number of rotatable bonds is 5. The summed E-state index contributed by atoms with van der Waals surface area (Å²) in [5.74, 6) is 1.26. The molecule has 3 heterocycles. The van der Waals surface area contributed by atoms with Crippen LogP contribution in [0.1, 0.15) is 34.7 Å². The van der Waals surface area contributed by atoms with Crippen LogP contribution in [0.5, 0.6) is 0 Å². The molecule has 26 heavy (non-hydrogen) atoms. The summed E-state index contributed by atoms with van der Waals surface area (Å²) >= 11 is 0. The molecular formula is C19H29N3O4. The highest BCUT2D eigenvalue weighted by Gasteiger charge is 2.30. The predicted octanol–water partition coefficient (Wildman–Crippen LogP) is 1.20. The minimum absolute atomic E-state index is 0.0369. The number of morpholine rings is 1. The van der Waals surface area contributed by atoms with Crippen molar-refractivity contribution >= 4 is 11.8 Å². The van der Waals surface area contributed by atoms with Gasteiger partial charge in [0.2, 0.25) is 5.91 Å². The van der Waals surface area contributed by atoms with Gasteiger partial charge in [-0.15, -0.1) is 0 Å². The Bertz CT molecular complexity index is 637. The first-order valence-corrected chi connectivity index (χ1v) is 9.48. The van der Waals surface area contributed by atoms with Crippen LogP contribution in [0, 0.1) is 19.8 Å². The summed E-state index contributed by atoms with van der Waals surface area (Å²) in [5.41, 5.74) is 0.607. The zero-order valence-electron chi connectivity index (χ0n) is 15.8. The fraction of sp³-hybridized carbons (Fsp3) is 0.684. The van der Waals surface area contributed by atoms with Crippen molar-refractivity contribution in [1.82, 2.24) is 15.1 Å². The van der Waals surface area contributed by atoms with Gasteiger partial charge in [-0.2, -0.15) is 0 Å². The van der Waals surface area contributed by atoms with E-state index >= 15 is 0 Å². The Kier molecular flexibility index (Phi) is 6.32. The molecule has 0 aromatic carbocycles. The molecule has 144 valence electrons. The van der Waals surface area contributed by atoms with Crippen molar-refractivity contribution < 1.29 is 18.7 Å². The molecule has 1 atom stereocenters. The maximum Gasteiger partial charge on any atom is 0.257 e. The quantitative estimate of drug-likeness (QED) is 0.851. The fourth-order valence-corrected chi connectivity index (χ4v) is 3.70. The number of carbonyl (C=O) groups is 2. The van der Waals surface area contributed by atoms with E-state index in [9.17, 15) is 9.59 Å². The van der Waals surface area contributed by atoms with Crippen molar-refractivity contribution in [1.29, 1.82) is 0 Å². The maximum absolute atomic E-state index is 12.7. The highest BCUT2D eigenvalue weighted by atomic mass is 16.5. The highest BCUT2D eigenvalue weighted by molar-refractivity contribution is 5.95. The number of carbonyl (C=O) groups excluding carboxylic acids is 2. The lowest BCUT2D eigenvalue weighted by molar-refractivity contribution is -0.126. The van der Waals surface area contributed by atoms with Gasteiger partial charge in [0.05, 0.1) is 24.7 Å². The van der Waals surface area contributed by atoms with E-state index in [1.807, 2.05) is 6.92 Å². The van der Waals surface area contributed by atoms with E-state index in [-0.39, 0.29) is 17.7 Å². The topological polar surface area (TPSA) is 75.0 Å². The van der Waals surface area contributed by atoms with Crippen LogP contribution in [0.3, 0.4) is 0 Å². The number of hydrogen-bond acceptors (Lipinski definition) is 5. The number of piperidine rings is 1. The van der Waals surface area contributed by atoms with Crippen LogP contribution in [-0.2, 0) is 9.53 Å². The first-order valence-electron chi connectivity index (χ1n) is 9.48.